The van der Waals surface area contributed by atoms with Crippen LogP contribution in [0.25, 0.3) is 0 Å². The van der Waals surface area contributed by atoms with Crippen molar-refractivity contribution < 1.29 is 18.0 Å². The van der Waals surface area contributed by atoms with Gasteiger partial charge in [0.05, 0.1) is 11.1 Å². The standard InChI is InChI=1S/C12H12BrF3N2O/c13-10-2-1-7(12(14,15)16)5-9(10)11(19)18-4-3-8(17)6-18/h1-2,5,8H,3-4,6,17H2/t8-/m0/s1. The van der Waals surface area contributed by atoms with E-state index in [4.69, 9.17) is 5.73 Å². The number of likely N-dealkylation sites (tertiary alicyclic amines) is 1. The van der Waals surface area contributed by atoms with Crippen LogP contribution in [0.15, 0.2) is 22.7 Å². The summed E-state index contributed by atoms with van der Waals surface area (Å²) in [5, 5.41) is 0. The highest BCUT2D eigenvalue weighted by atomic mass is 79.9. The van der Waals surface area contributed by atoms with E-state index < -0.39 is 17.6 Å². The van der Waals surface area contributed by atoms with E-state index in [-0.39, 0.29) is 11.6 Å². The van der Waals surface area contributed by atoms with E-state index in [0.717, 1.165) is 12.1 Å². The first-order valence-corrected chi connectivity index (χ1v) is 6.50. The number of halogens is 4. The molecule has 104 valence electrons. The Hall–Kier alpha value is -1.08. The molecule has 0 saturated carbocycles. The highest BCUT2D eigenvalue weighted by molar-refractivity contribution is 9.10. The molecule has 1 aliphatic heterocycles. The third kappa shape index (κ3) is 3.09. The van der Waals surface area contributed by atoms with Gasteiger partial charge in [0, 0.05) is 23.6 Å². The van der Waals surface area contributed by atoms with Crippen molar-refractivity contribution in [2.75, 3.05) is 13.1 Å². The molecule has 1 heterocycles. The summed E-state index contributed by atoms with van der Waals surface area (Å²) in [4.78, 5) is 13.6. The van der Waals surface area contributed by atoms with Gasteiger partial charge in [-0.05, 0) is 40.5 Å². The van der Waals surface area contributed by atoms with Crippen LogP contribution < -0.4 is 5.73 Å². The zero-order chi connectivity index (χ0) is 14.2. The van der Waals surface area contributed by atoms with E-state index in [0.29, 0.717) is 24.0 Å². The van der Waals surface area contributed by atoms with Gasteiger partial charge in [-0.15, -0.1) is 0 Å². The summed E-state index contributed by atoms with van der Waals surface area (Å²) in [7, 11) is 0. The largest absolute Gasteiger partial charge is 0.416 e. The normalized spacial score (nSPS) is 19.8. The van der Waals surface area contributed by atoms with Gasteiger partial charge in [0.1, 0.15) is 0 Å². The average molecular weight is 337 g/mol. The minimum Gasteiger partial charge on any atom is -0.337 e. The molecule has 1 aliphatic rings. The Morgan fingerprint density at radius 2 is 2.11 bits per heavy atom. The molecule has 0 aromatic heterocycles. The number of amides is 1. The highest BCUT2D eigenvalue weighted by Crippen LogP contribution is 2.32. The Labute approximate surface area is 116 Å². The van der Waals surface area contributed by atoms with Gasteiger partial charge in [-0.25, -0.2) is 0 Å². The van der Waals surface area contributed by atoms with Crippen LogP contribution in [0.3, 0.4) is 0 Å². The van der Waals surface area contributed by atoms with Gasteiger partial charge < -0.3 is 10.6 Å². The zero-order valence-corrected chi connectivity index (χ0v) is 11.5. The highest BCUT2D eigenvalue weighted by Gasteiger charge is 2.33. The Kier molecular flexibility index (Phi) is 3.87. The molecule has 7 heteroatoms. The van der Waals surface area contributed by atoms with Crippen LogP contribution in [0.1, 0.15) is 22.3 Å². The smallest absolute Gasteiger partial charge is 0.337 e. The van der Waals surface area contributed by atoms with Gasteiger partial charge in [-0.1, -0.05) is 0 Å². The molecule has 19 heavy (non-hydrogen) atoms. The molecule has 1 atom stereocenters. The van der Waals surface area contributed by atoms with E-state index in [1.54, 1.807) is 0 Å². The Balaban J connectivity index is 2.31. The summed E-state index contributed by atoms with van der Waals surface area (Å²) >= 11 is 3.11. The molecule has 1 aromatic carbocycles. The van der Waals surface area contributed by atoms with Crippen molar-refractivity contribution >= 4 is 21.8 Å². The van der Waals surface area contributed by atoms with Gasteiger partial charge in [0.2, 0.25) is 0 Å². The fourth-order valence-corrected chi connectivity index (χ4v) is 2.42. The fraction of sp³-hybridized carbons (Fsp3) is 0.417. The number of alkyl halides is 3. The molecular formula is C12H12BrF3N2O. The molecule has 0 bridgehead atoms. The summed E-state index contributed by atoms with van der Waals surface area (Å²) in [6.45, 7) is 0.851. The lowest BCUT2D eigenvalue weighted by Crippen LogP contribution is -2.32. The molecule has 0 radical (unpaired) electrons. The molecule has 0 aliphatic carbocycles. The van der Waals surface area contributed by atoms with Crippen LogP contribution in [0.5, 0.6) is 0 Å². The minimum atomic E-state index is -4.46. The number of benzene rings is 1. The van der Waals surface area contributed by atoms with Gasteiger partial charge in [0.15, 0.2) is 0 Å². The number of hydrogen-bond donors (Lipinski definition) is 1. The second-order valence-corrected chi connectivity index (χ2v) is 5.35. The number of carbonyl (C=O) groups excluding carboxylic acids is 1. The van der Waals surface area contributed by atoms with Crippen LogP contribution in [-0.4, -0.2) is 29.9 Å². The monoisotopic (exact) mass is 336 g/mol. The molecule has 0 spiro atoms. The first kappa shape index (κ1) is 14.3. The van der Waals surface area contributed by atoms with Crippen molar-refractivity contribution in [3.05, 3.63) is 33.8 Å². The Morgan fingerprint density at radius 3 is 2.63 bits per heavy atom. The van der Waals surface area contributed by atoms with Crippen molar-refractivity contribution in [1.82, 2.24) is 4.90 Å². The summed E-state index contributed by atoms with van der Waals surface area (Å²) in [5.74, 6) is -0.425. The zero-order valence-electron chi connectivity index (χ0n) is 9.88. The second kappa shape index (κ2) is 5.13. The predicted octanol–water partition coefficient (Wildman–Crippen LogP) is 2.64. The molecule has 3 nitrogen and oxygen atoms in total. The van der Waals surface area contributed by atoms with Crippen LogP contribution in [0.4, 0.5) is 13.2 Å². The minimum absolute atomic E-state index is 0.0175. The molecule has 1 aromatic rings. The lowest BCUT2D eigenvalue weighted by atomic mass is 10.1. The van der Waals surface area contributed by atoms with Crippen molar-refractivity contribution in [2.24, 2.45) is 5.73 Å². The molecule has 2 rings (SSSR count). The molecule has 1 saturated heterocycles. The van der Waals surface area contributed by atoms with Gasteiger partial charge >= 0.3 is 6.18 Å². The van der Waals surface area contributed by atoms with Crippen molar-refractivity contribution in [3.63, 3.8) is 0 Å². The predicted molar refractivity (Wildman–Crippen MR) is 67.6 cm³/mol. The summed E-state index contributed by atoms with van der Waals surface area (Å²) in [6.07, 6.45) is -3.79. The maximum atomic E-state index is 12.6. The van der Waals surface area contributed by atoms with E-state index in [9.17, 15) is 18.0 Å². The Bertz CT molecular complexity index is 504. The summed E-state index contributed by atoms with van der Waals surface area (Å²) < 4.78 is 38.3. The molecule has 1 fully saturated rings. The van der Waals surface area contributed by atoms with Gasteiger partial charge in [-0.3, -0.25) is 4.79 Å². The maximum Gasteiger partial charge on any atom is 0.416 e. The van der Waals surface area contributed by atoms with Crippen LogP contribution in [-0.2, 0) is 6.18 Å². The van der Waals surface area contributed by atoms with E-state index >= 15 is 0 Å². The van der Waals surface area contributed by atoms with Crippen molar-refractivity contribution in [3.8, 4) is 0 Å². The Morgan fingerprint density at radius 1 is 1.42 bits per heavy atom. The molecule has 0 unspecified atom stereocenters. The number of rotatable bonds is 1. The molecular weight excluding hydrogens is 325 g/mol. The maximum absolute atomic E-state index is 12.6. The van der Waals surface area contributed by atoms with Crippen molar-refractivity contribution in [2.45, 2.75) is 18.6 Å². The van der Waals surface area contributed by atoms with Crippen molar-refractivity contribution in [1.29, 1.82) is 0 Å². The molecule has 2 N–H and O–H groups in total. The fourth-order valence-electron chi connectivity index (χ4n) is 2.01. The lowest BCUT2D eigenvalue weighted by molar-refractivity contribution is -0.137. The lowest BCUT2D eigenvalue weighted by Gasteiger charge is -2.17. The van der Waals surface area contributed by atoms with E-state index in [1.807, 2.05) is 0 Å². The number of nitrogens with two attached hydrogens (primary N) is 1. The van der Waals surface area contributed by atoms with Gasteiger partial charge in [-0.2, -0.15) is 13.2 Å². The summed E-state index contributed by atoms with van der Waals surface area (Å²) in [5.41, 5.74) is 4.88. The topological polar surface area (TPSA) is 46.3 Å². The van der Waals surface area contributed by atoms with E-state index in [1.165, 1.54) is 11.0 Å². The van der Waals surface area contributed by atoms with Crippen LogP contribution in [0.2, 0.25) is 0 Å². The van der Waals surface area contributed by atoms with E-state index in [2.05, 4.69) is 15.9 Å². The SMILES string of the molecule is N[C@H]1CCN(C(=O)c2cc(C(F)(F)F)ccc2Br)C1. The first-order chi connectivity index (χ1) is 8.79. The second-order valence-electron chi connectivity index (χ2n) is 4.49. The number of hydrogen-bond acceptors (Lipinski definition) is 2. The average Bonchev–Trinajstić information content (AvgIpc) is 2.74. The third-order valence-corrected chi connectivity index (χ3v) is 3.73. The summed E-state index contributed by atoms with van der Waals surface area (Å²) in [6, 6.07) is 2.95. The first-order valence-electron chi connectivity index (χ1n) is 5.70. The van der Waals surface area contributed by atoms with Crippen LogP contribution in [0, 0.1) is 0 Å². The third-order valence-electron chi connectivity index (χ3n) is 3.04. The molecule has 1 amide bonds. The quantitative estimate of drug-likeness (QED) is 0.856. The van der Waals surface area contributed by atoms with Crippen LogP contribution >= 0.6 is 15.9 Å². The number of nitrogens with zero attached hydrogens (tertiary/aromatic N) is 1. The number of carbonyl (C=O) groups is 1. The van der Waals surface area contributed by atoms with Gasteiger partial charge in [0.25, 0.3) is 5.91 Å².